The fourth-order valence-corrected chi connectivity index (χ4v) is 3.30. The van der Waals surface area contributed by atoms with Gasteiger partial charge in [-0.1, -0.05) is 24.3 Å². The van der Waals surface area contributed by atoms with E-state index in [1.807, 2.05) is 24.3 Å². The van der Waals surface area contributed by atoms with Crippen molar-refractivity contribution in [2.24, 2.45) is 0 Å². The summed E-state index contributed by atoms with van der Waals surface area (Å²) in [6.07, 6.45) is 1.19. The van der Waals surface area contributed by atoms with Crippen molar-refractivity contribution in [3.63, 3.8) is 0 Å². The van der Waals surface area contributed by atoms with Crippen LogP contribution in [0.1, 0.15) is 30.4 Å². The number of rotatable bonds is 2. The highest BCUT2D eigenvalue weighted by molar-refractivity contribution is 5.77. The van der Waals surface area contributed by atoms with Crippen molar-refractivity contribution in [1.82, 2.24) is 4.90 Å². The molecule has 19 heavy (non-hydrogen) atoms. The van der Waals surface area contributed by atoms with Crippen LogP contribution in [0.25, 0.3) is 0 Å². The lowest BCUT2D eigenvalue weighted by molar-refractivity contribution is -0.140. The summed E-state index contributed by atoms with van der Waals surface area (Å²) >= 11 is 0. The van der Waals surface area contributed by atoms with E-state index in [1.54, 1.807) is 0 Å². The number of carbonyl (C=O) groups is 1. The maximum absolute atomic E-state index is 11.5. The fourth-order valence-electron chi connectivity index (χ4n) is 3.30. The molecular formula is C15H19NO3. The summed E-state index contributed by atoms with van der Waals surface area (Å²) in [5.74, 6) is -1.15. The predicted molar refractivity (Wildman–Crippen MR) is 71.0 cm³/mol. The minimum atomic E-state index is -0.733. The van der Waals surface area contributed by atoms with E-state index in [0.717, 1.165) is 30.7 Å². The number of carboxylic acids is 1. The van der Waals surface area contributed by atoms with Gasteiger partial charge in [0, 0.05) is 25.7 Å². The van der Waals surface area contributed by atoms with Gasteiger partial charge in [0.1, 0.15) is 0 Å². The van der Waals surface area contributed by atoms with Crippen molar-refractivity contribution < 1.29 is 14.6 Å². The summed E-state index contributed by atoms with van der Waals surface area (Å²) in [5.41, 5.74) is 2.11. The number of carboxylic acid groups (broad SMARTS) is 1. The Labute approximate surface area is 113 Å². The Kier molecular flexibility index (Phi) is 3.29. The highest BCUT2D eigenvalue weighted by atomic mass is 16.5. The zero-order valence-electron chi connectivity index (χ0n) is 11.1. The van der Waals surface area contributed by atoms with E-state index in [4.69, 9.17) is 4.74 Å². The van der Waals surface area contributed by atoms with Crippen molar-refractivity contribution in [3.05, 3.63) is 35.4 Å². The summed E-state index contributed by atoms with van der Waals surface area (Å²) < 4.78 is 5.61. The molecule has 4 heteroatoms. The summed E-state index contributed by atoms with van der Waals surface area (Å²) in [6, 6.07) is 8.23. The molecule has 102 valence electrons. The lowest BCUT2D eigenvalue weighted by Gasteiger charge is -2.37. The Morgan fingerprint density at radius 3 is 2.89 bits per heavy atom. The van der Waals surface area contributed by atoms with Gasteiger partial charge < -0.3 is 9.84 Å². The number of nitrogens with zero attached hydrogens (tertiary/aromatic N) is 1. The number of aliphatic carboxylic acids is 1. The molecule has 3 rings (SSSR count). The molecule has 4 nitrogen and oxygen atoms in total. The molecule has 1 fully saturated rings. The Morgan fingerprint density at radius 1 is 1.42 bits per heavy atom. The van der Waals surface area contributed by atoms with Gasteiger partial charge in [-0.2, -0.15) is 0 Å². The summed E-state index contributed by atoms with van der Waals surface area (Å²) in [6.45, 7) is 4.28. The first-order valence-electron chi connectivity index (χ1n) is 6.83. The van der Waals surface area contributed by atoms with Crippen molar-refractivity contribution in [3.8, 4) is 0 Å². The minimum Gasteiger partial charge on any atom is -0.481 e. The zero-order valence-corrected chi connectivity index (χ0v) is 11.1. The van der Waals surface area contributed by atoms with Crippen molar-refractivity contribution in [1.29, 1.82) is 0 Å². The van der Waals surface area contributed by atoms with Crippen LogP contribution in [0.5, 0.6) is 0 Å². The molecule has 1 aromatic rings. The molecular weight excluding hydrogens is 242 g/mol. The van der Waals surface area contributed by atoms with Crippen molar-refractivity contribution in [2.75, 3.05) is 13.2 Å². The summed E-state index contributed by atoms with van der Waals surface area (Å²) in [5, 5.41) is 9.45. The third-order valence-electron chi connectivity index (χ3n) is 4.32. The van der Waals surface area contributed by atoms with E-state index in [-0.39, 0.29) is 6.10 Å². The summed E-state index contributed by atoms with van der Waals surface area (Å²) in [7, 11) is 0. The molecule has 2 aliphatic rings. The largest absolute Gasteiger partial charge is 0.481 e. The lowest BCUT2D eigenvalue weighted by atomic mass is 9.88. The average molecular weight is 261 g/mol. The Hall–Kier alpha value is -1.39. The van der Waals surface area contributed by atoms with Gasteiger partial charge in [0.15, 0.2) is 0 Å². The first-order chi connectivity index (χ1) is 9.16. The van der Waals surface area contributed by atoms with Crippen LogP contribution < -0.4 is 0 Å². The molecule has 1 aromatic carbocycles. The lowest BCUT2D eigenvalue weighted by Crippen LogP contribution is -2.45. The summed E-state index contributed by atoms with van der Waals surface area (Å²) in [4.78, 5) is 13.8. The molecule has 1 saturated heterocycles. The topological polar surface area (TPSA) is 49.8 Å². The minimum absolute atomic E-state index is 0.194. The van der Waals surface area contributed by atoms with Gasteiger partial charge in [-0.25, -0.2) is 0 Å². The molecule has 3 unspecified atom stereocenters. The predicted octanol–water partition coefficient (Wildman–Crippen LogP) is 1.85. The highest BCUT2D eigenvalue weighted by Crippen LogP contribution is 2.32. The molecule has 0 spiro atoms. The molecule has 3 atom stereocenters. The Morgan fingerprint density at radius 2 is 2.21 bits per heavy atom. The first-order valence-corrected chi connectivity index (χ1v) is 6.83. The molecule has 0 saturated carbocycles. The SMILES string of the molecule is CC1OCCC1N1Cc2ccccc2C(C(=O)O)C1. The molecule has 1 N–H and O–H groups in total. The molecule has 0 aliphatic carbocycles. The third kappa shape index (κ3) is 2.26. The second-order valence-corrected chi connectivity index (χ2v) is 5.45. The monoisotopic (exact) mass is 261 g/mol. The van der Waals surface area contributed by atoms with Crippen LogP contribution in [0.15, 0.2) is 24.3 Å². The van der Waals surface area contributed by atoms with Crippen LogP contribution in [0.4, 0.5) is 0 Å². The van der Waals surface area contributed by atoms with Gasteiger partial charge in [0.25, 0.3) is 0 Å². The van der Waals surface area contributed by atoms with Crippen LogP contribution >= 0.6 is 0 Å². The van der Waals surface area contributed by atoms with Gasteiger partial charge in [0.2, 0.25) is 0 Å². The smallest absolute Gasteiger partial charge is 0.312 e. The second-order valence-electron chi connectivity index (χ2n) is 5.45. The van der Waals surface area contributed by atoms with Crippen LogP contribution in [-0.2, 0) is 16.1 Å². The number of hydrogen-bond acceptors (Lipinski definition) is 3. The van der Waals surface area contributed by atoms with E-state index in [9.17, 15) is 9.90 Å². The Balaban J connectivity index is 1.90. The molecule has 2 aliphatic heterocycles. The molecule has 0 amide bonds. The van der Waals surface area contributed by atoms with Crippen LogP contribution in [0.2, 0.25) is 0 Å². The quantitative estimate of drug-likeness (QED) is 0.882. The molecule has 0 aromatic heterocycles. The first kappa shape index (κ1) is 12.6. The van der Waals surface area contributed by atoms with Crippen LogP contribution in [0.3, 0.4) is 0 Å². The van der Waals surface area contributed by atoms with Gasteiger partial charge in [-0.05, 0) is 24.5 Å². The van der Waals surface area contributed by atoms with Crippen molar-refractivity contribution >= 4 is 5.97 Å². The maximum Gasteiger partial charge on any atom is 0.312 e. The average Bonchev–Trinajstić information content (AvgIpc) is 2.83. The highest BCUT2D eigenvalue weighted by Gasteiger charge is 2.37. The van der Waals surface area contributed by atoms with Crippen LogP contribution in [0, 0.1) is 0 Å². The van der Waals surface area contributed by atoms with Crippen molar-refractivity contribution in [2.45, 2.75) is 38.0 Å². The number of fused-ring (bicyclic) bond motifs is 1. The van der Waals surface area contributed by atoms with Gasteiger partial charge >= 0.3 is 5.97 Å². The molecule has 2 heterocycles. The van der Waals surface area contributed by atoms with E-state index in [1.165, 1.54) is 0 Å². The molecule has 0 bridgehead atoms. The van der Waals surface area contributed by atoms with Crippen LogP contribution in [-0.4, -0.2) is 41.3 Å². The van der Waals surface area contributed by atoms with Gasteiger partial charge in [-0.3, -0.25) is 9.69 Å². The van der Waals surface area contributed by atoms with E-state index >= 15 is 0 Å². The fraction of sp³-hybridized carbons (Fsp3) is 0.533. The zero-order chi connectivity index (χ0) is 13.4. The van der Waals surface area contributed by atoms with E-state index < -0.39 is 11.9 Å². The maximum atomic E-state index is 11.5. The second kappa shape index (κ2) is 4.94. The number of ether oxygens (including phenoxy) is 1. The third-order valence-corrected chi connectivity index (χ3v) is 4.32. The molecule has 0 radical (unpaired) electrons. The van der Waals surface area contributed by atoms with Gasteiger partial charge in [0.05, 0.1) is 12.0 Å². The van der Waals surface area contributed by atoms with E-state index in [0.29, 0.717) is 12.6 Å². The normalized spacial score (nSPS) is 31.1. The number of benzene rings is 1. The number of hydrogen-bond donors (Lipinski definition) is 1. The van der Waals surface area contributed by atoms with Gasteiger partial charge in [-0.15, -0.1) is 0 Å². The standard InChI is InChI=1S/C15H19NO3/c1-10-14(6-7-19-10)16-8-11-4-2-3-5-12(11)13(9-16)15(17)18/h2-5,10,13-14H,6-9H2,1H3,(H,17,18). The Bertz CT molecular complexity index is 488. The van der Waals surface area contributed by atoms with E-state index in [2.05, 4.69) is 11.8 Å².